The van der Waals surface area contributed by atoms with Crippen LogP contribution in [0.5, 0.6) is 11.5 Å². The molecule has 0 bridgehead atoms. The van der Waals surface area contributed by atoms with Gasteiger partial charge in [-0.2, -0.15) is 0 Å². The molecule has 0 saturated carbocycles. The van der Waals surface area contributed by atoms with E-state index < -0.39 is 0 Å². The summed E-state index contributed by atoms with van der Waals surface area (Å²) >= 11 is 0. The van der Waals surface area contributed by atoms with Crippen molar-refractivity contribution in [1.82, 2.24) is 10.3 Å². The van der Waals surface area contributed by atoms with Gasteiger partial charge in [0.1, 0.15) is 11.5 Å². The Hall–Kier alpha value is -2.60. The number of aromatic nitrogens is 1. The monoisotopic (exact) mass is 431 g/mol. The van der Waals surface area contributed by atoms with Crippen LogP contribution in [0.15, 0.2) is 79.1 Å². The maximum Gasteiger partial charge on any atom is 0.229 e. The van der Waals surface area contributed by atoms with E-state index in [2.05, 4.69) is 27.8 Å². The van der Waals surface area contributed by atoms with Gasteiger partial charge in [-0.05, 0) is 29.8 Å². The molecule has 0 unspecified atom stereocenters. The SMILES string of the molecule is Cl.Cl.O=C(Nc1cccc(Oc2ccncc2)c1)[C@H]1CNC[C@@H]1c1ccccc1. The van der Waals surface area contributed by atoms with Crippen molar-refractivity contribution in [2.75, 3.05) is 18.4 Å². The fourth-order valence-electron chi connectivity index (χ4n) is 3.42. The summed E-state index contributed by atoms with van der Waals surface area (Å²) in [6.07, 6.45) is 3.36. The summed E-state index contributed by atoms with van der Waals surface area (Å²) in [4.78, 5) is 16.8. The zero-order valence-electron chi connectivity index (χ0n) is 15.7. The number of carbonyl (C=O) groups excluding carboxylic acids is 1. The van der Waals surface area contributed by atoms with Gasteiger partial charge in [-0.25, -0.2) is 0 Å². The first kappa shape index (κ1) is 22.7. The van der Waals surface area contributed by atoms with Crippen LogP contribution >= 0.6 is 24.8 Å². The summed E-state index contributed by atoms with van der Waals surface area (Å²) < 4.78 is 5.81. The van der Waals surface area contributed by atoms with Crippen LogP contribution in [0.4, 0.5) is 5.69 Å². The topological polar surface area (TPSA) is 63.2 Å². The molecule has 1 aliphatic heterocycles. The largest absolute Gasteiger partial charge is 0.457 e. The number of pyridine rings is 1. The van der Waals surface area contributed by atoms with E-state index in [1.54, 1.807) is 24.5 Å². The van der Waals surface area contributed by atoms with Crippen molar-refractivity contribution in [3.05, 3.63) is 84.7 Å². The van der Waals surface area contributed by atoms with Crippen LogP contribution in [0.3, 0.4) is 0 Å². The maximum atomic E-state index is 12.9. The van der Waals surface area contributed by atoms with Gasteiger partial charge in [0.15, 0.2) is 0 Å². The number of ether oxygens (including phenoxy) is 1. The molecular formula is C22H23Cl2N3O2. The fraction of sp³-hybridized carbons (Fsp3) is 0.182. The minimum Gasteiger partial charge on any atom is -0.457 e. The lowest BCUT2D eigenvalue weighted by atomic mass is 9.88. The molecule has 0 spiro atoms. The van der Waals surface area contributed by atoms with Crippen molar-refractivity contribution in [2.24, 2.45) is 5.92 Å². The van der Waals surface area contributed by atoms with Gasteiger partial charge in [0.2, 0.25) is 5.91 Å². The van der Waals surface area contributed by atoms with Crippen LogP contribution in [0, 0.1) is 5.92 Å². The molecule has 2 atom stereocenters. The normalized spacial score (nSPS) is 17.5. The van der Waals surface area contributed by atoms with Gasteiger partial charge in [-0.15, -0.1) is 24.8 Å². The molecule has 0 aliphatic carbocycles. The van der Waals surface area contributed by atoms with Crippen molar-refractivity contribution in [3.8, 4) is 11.5 Å². The van der Waals surface area contributed by atoms with Crippen molar-refractivity contribution in [3.63, 3.8) is 0 Å². The first-order chi connectivity index (χ1) is 13.3. The summed E-state index contributed by atoms with van der Waals surface area (Å²) in [6.45, 7) is 1.49. The second-order valence-electron chi connectivity index (χ2n) is 6.58. The molecule has 1 saturated heterocycles. The molecule has 4 rings (SSSR count). The fourth-order valence-corrected chi connectivity index (χ4v) is 3.42. The van der Waals surface area contributed by atoms with Crippen LogP contribution in [-0.2, 0) is 4.79 Å². The van der Waals surface area contributed by atoms with Crippen LogP contribution < -0.4 is 15.4 Å². The van der Waals surface area contributed by atoms with Gasteiger partial charge in [0, 0.05) is 43.2 Å². The van der Waals surface area contributed by atoms with E-state index in [1.165, 1.54) is 5.56 Å². The number of anilines is 1. The molecule has 0 radical (unpaired) electrons. The van der Waals surface area contributed by atoms with E-state index >= 15 is 0 Å². The Morgan fingerprint density at radius 3 is 2.45 bits per heavy atom. The molecule has 1 aromatic heterocycles. The molecule has 1 aliphatic rings. The maximum absolute atomic E-state index is 12.9. The lowest BCUT2D eigenvalue weighted by Crippen LogP contribution is -2.28. The number of rotatable bonds is 5. The quantitative estimate of drug-likeness (QED) is 0.616. The van der Waals surface area contributed by atoms with Crippen molar-refractivity contribution < 1.29 is 9.53 Å². The molecule has 7 heteroatoms. The Morgan fingerprint density at radius 2 is 1.69 bits per heavy atom. The molecule has 2 N–H and O–H groups in total. The second kappa shape index (κ2) is 10.8. The van der Waals surface area contributed by atoms with Gasteiger partial charge in [-0.3, -0.25) is 9.78 Å². The summed E-state index contributed by atoms with van der Waals surface area (Å²) in [7, 11) is 0. The third-order valence-corrected chi connectivity index (χ3v) is 4.77. The third kappa shape index (κ3) is 5.70. The highest BCUT2D eigenvalue weighted by atomic mass is 35.5. The molecule has 2 heterocycles. The molecule has 5 nitrogen and oxygen atoms in total. The Kier molecular flexibility index (Phi) is 8.46. The number of nitrogens with one attached hydrogen (secondary N) is 2. The standard InChI is InChI=1S/C22H21N3O2.2ClH/c26-22(21-15-24-14-20(21)16-5-2-1-3-6-16)25-17-7-4-8-19(13-17)27-18-9-11-23-12-10-18;;/h1-13,20-21,24H,14-15H2,(H,25,26);2*1H/t20-,21+;;/m1../s1. The summed E-state index contributed by atoms with van der Waals surface area (Å²) in [5.74, 6) is 1.48. The number of benzene rings is 2. The smallest absolute Gasteiger partial charge is 0.229 e. The van der Waals surface area contributed by atoms with Gasteiger partial charge in [0.05, 0.1) is 5.92 Å². The number of hydrogen-bond acceptors (Lipinski definition) is 4. The van der Waals surface area contributed by atoms with Crippen LogP contribution in [0.1, 0.15) is 11.5 Å². The van der Waals surface area contributed by atoms with Crippen molar-refractivity contribution in [2.45, 2.75) is 5.92 Å². The average Bonchev–Trinajstić information content (AvgIpc) is 3.20. The highest BCUT2D eigenvalue weighted by molar-refractivity contribution is 5.93. The molecule has 29 heavy (non-hydrogen) atoms. The van der Waals surface area contributed by atoms with Gasteiger partial charge < -0.3 is 15.4 Å². The van der Waals surface area contributed by atoms with E-state index in [1.807, 2.05) is 42.5 Å². The minimum atomic E-state index is -0.0998. The summed E-state index contributed by atoms with van der Waals surface area (Å²) in [5, 5.41) is 6.38. The predicted molar refractivity (Wildman–Crippen MR) is 119 cm³/mol. The minimum absolute atomic E-state index is 0. The number of nitrogens with zero attached hydrogens (tertiary/aromatic N) is 1. The average molecular weight is 432 g/mol. The Balaban J connectivity index is 0.00000150. The molecular weight excluding hydrogens is 409 g/mol. The van der Waals surface area contributed by atoms with E-state index in [0.29, 0.717) is 18.0 Å². The van der Waals surface area contributed by atoms with Crippen LogP contribution in [0.2, 0.25) is 0 Å². The van der Waals surface area contributed by atoms with E-state index in [9.17, 15) is 4.79 Å². The third-order valence-electron chi connectivity index (χ3n) is 4.77. The zero-order valence-corrected chi connectivity index (χ0v) is 17.3. The van der Waals surface area contributed by atoms with E-state index in [4.69, 9.17) is 4.74 Å². The predicted octanol–water partition coefficient (Wildman–Crippen LogP) is 4.66. The van der Waals surface area contributed by atoms with Crippen LogP contribution in [0.25, 0.3) is 0 Å². The first-order valence-electron chi connectivity index (χ1n) is 9.04. The highest BCUT2D eigenvalue weighted by Crippen LogP contribution is 2.30. The molecule has 1 fully saturated rings. The Bertz CT molecular complexity index is 910. The summed E-state index contributed by atoms with van der Waals surface area (Å²) in [5.41, 5.74) is 1.92. The second-order valence-corrected chi connectivity index (χ2v) is 6.58. The lowest BCUT2D eigenvalue weighted by Gasteiger charge is -2.19. The molecule has 1 amide bonds. The van der Waals surface area contributed by atoms with Gasteiger partial charge in [-0.1, -0.05) is 36.4 Å². The first-order valence-corrected chi connectivity index (χ1v) is 9.04. The number of hydrogen-bond donors (Lipinski definition) is 2. The van der Waals surface area contributed by atoms with Gasteiger partial charge >= 0.3 is 0 Å². The molecule has 3 aromatic rings. The summed E-state index contributed by atoms with van der Waals surface area (Å²) in [6, 6.07) is 21.2. The molecule has 2 aromatic carbocycles. The highest BCUT2D eigenvalue weighted by Gasteiger charge is 2.33. The van der Waals surface area contributed by atoms with Crippen LogP contribution in [-0.4, -0.2) is 24.0 Å². The van der Waals surface area contributed by atoms with Crippen molar-refractivity contribution in [1.29, 1.82) is 0 Å². The lowest BCUT2D eigenvalue weighted by molar-refractivity contribution is -0.119. The zero-order chi connectivity index (χ0) is 18.5. The Morgan fingerprint density at radius 1 is 0.931 bits per heavy atom. The van der Waals surface area contributed by atoms with E-state index in [-0.39, 0.29) is 42.6 Å². The van der Waals surface area contributed by atoms with Gasteiger partial charge in [0.25, 0.3) is 0 Å². The molecule has 152 valence electrons. The number of amides is 1. The van der Waals surface area contributed by atoms with Crippen molar-refractivity contribution >= 4 is 36.4 Å². The number of halogens is 2. The van der Waals surface area contributed by atoms with E-state index in [0.717, 1.165) is 12.2 Å². The number of carbonyl (C=O) groups is 1. The Labute approximate surface area is 182 Å².